The van der Waals surface area contributed by atoms with Gasteiger partial charge in [0.05, 0.1) is 17.2 Å². The third kappa shape index (κ3) is 6.11. The maximum Gasteiger partial charge on any atom is 0.191 e. The second-order valence-corrected chi connectivity index (χ2v) is 8.08. The van der Waals surface area contributed by atoms with E-state index in [4.69, 9.17) is 11.6 Å². The minimum Gasteiger partial charge on any atom is -0.356 e. The van der Waals surface area contributed by atoms with Gasteiger partial charge < -0.3 is 10.6 Å². The summed E-state index contributed by atoms with van der Waals surface area (Å²) in [6.45, 7) is 9.87. The molecule has 2 aromatic rings. The van der Waals surface area contributed by atoms with Crippen molar-refractivity contribution >= 4 is 52.9 Å². The van der Waals surface area contributed by atoms with E-state index < -0.39 is 0 Å². The normalized spacial score (nSPS) is 11.8. The van der Waals surface area contributed by atoms with Crippen LogP contribution in [0.25, 0.3) is 0 Å². The van der Waals surface area contributed by atoms with Gasteiger partial charge >= 0.3 is 0 Å². The number of thiazole rings is 1. The van der Waals surface area contributed by atoms with E-state index in [9.17, 15) is 0 Å². The summed E-state index contributed by atoms with van der Waals surface area (Å²) in [7, 11) is 1.78. The zero-order chi connectivity index (χ0) is 17.7. The lowest BCUT2D eigenvalue weighted by Crippen LogP contribution is -2.43. The summed E-state index contributed by atoms with van der Waals surface area (Å²) in [5, 5.41) is 8.64. The largest absolute Gasteiger partial charge is 0.356 e. The molecule has 0 saturated heterocycles. The number of benzene rings is 1. The van der Waals surface area contributed by atoms with Crippen LogP contribution in [0.4, 0.5) is 0 Å². The van der Waals surface area contributed by atoms with Gasteiger partial charge in [-0.3, -0.25) is 4.99 Å². The minimum absolute atomic E-state index is 0. The zero-order valence-corrected chi connectivity index (χ0v) is 19.2. The molecule has 25 heavy (non-hydrogen) atoms. The van der Waals surface area contributed by atoms with E-state index in [2.05, 4.69) is 40.5 Å². The van der Waals surface area contributed by atoms with Gasteiger partial charge in [-0.2, -0.15) is 0 Å². The van der Waals surface area contributed by atoms with Crippen LogP contribution in [0.2, 0.25) is 5.02 Å². The van der Waals surface area contributed by atoms with Gasteiger partial charge in [0.25, 0.3) is 0 Å². The lowest BCUT2D eigenvalue weighted by atomic mass is 9.84. The van der Waals surface area contributed by atoms with Crippen LogP contribution in [0, 0.1) is 13.8 Å². The van der Waals surface area contributed by atoms with Crippen LogP contribution < -0.4 is 10.6 Å². The molecule has 0 aliphatic carbocycles. The first kappa shape index (κ1) is 22.2. The average molecular weight is 493 g/mol. The highest BCUT2D eigenvalue weighted by atomic mass is 127. The smallest absolute Gasteiger partial charge is 0.191 e. The van der Waals surface area contributed by atoms with Gasteiger partial charge in [-0.25, -0.2) is 4.98 Å². The lowest BCUT2D eigenvalue weighted by Gasteiger charge is -2.27. The topological polar surface area (TPSA) is 49.3 Å². The fraction of sp³-hybridized carbons (Fsp3) is 0.444. The molecule has 0 atom stereocenters. The standard InChI is InChI=1S/C18H25ClN4S.HI/c1-12-16(24-13(2)23-12)10-21-17(20-5)22-11-18(3,4)14-8-6-7-9-15(14)19;/h6-9H,10-11H2,1-5H3,(H2,20,21,22);1H. The molecule has 2 rings (SSSR count). The number of aliphatic imine (C=N–C) groups is 1. The molecule has 0 bridgehead atoms. The van der Waals surface area contributed by atoms with Crippen LogP contribution in [0.3, 0.4) is 0 Å². The number of halogens is 2. The Balaban J connectivity index is 0.00000312. The Labute approximate surface area is 176 Å². The Bertz CT molecular complexity index is 728. The molecule has 0 amide bonds. The second kappa shape index (κ2) is 9.73. The van der Waals surface area contributed by atoms with Crippen molar-refractivity contribution in [2.45, 2.75) is 39.7 Å². The first-order chi connectivity index (χ1) is 11.3. The third-order valence-electron chi connectivity index (χ3n) is 3.94. The van der Waals surface area contributed by atoms with Gasteiger partial charge in [0.15, 0.2) is 5.96 Å². The fourth-order valence-corrected chi connectivity index (χ4v) is 3.80. The van der Waals surface area contributed by atoms with Crippen molar-refractivity contribution in [3.05, 3.63) is 50.4 Å². The first-order valence-electron chi connectivity index (χ1n) is 7.96. The van der Waals surface area contributed by atoms with Gasteiger partial charge in [0.2, 0.25) is 0 Å². The first-order valence-corrected chi connectivity index (χ1v) is 9.15. The summed E-state index contributed by atoms with van der Waals surface area (Å²) < 4.78 is 0. The molecule has 1 heterocycles. The van der Waals surface area contributed by atoms with Crippen molar-refractivity contribution in [3.8, 4) is 0 Å². The molecule has 0 aliphatic rings. The molecule has 0 spiro atoms. The third-order valence-corrected chi connectivity index (χ3v) is 5.34. The van der Waals surface area contributed by atoms with Crippen molar-refractivity contribution in [2.24, 2.45) is 4.99 Å². The quantitative estimate of drug-likeness (QED) is 0.362. The van der Waals surface area contributed by atoms with Crippen molar-refractivity contribution in [1.29, 1.82) is 0 Å². The number of guanidine groups is 1. The molecule has 7 heteroatoms. The van der Waals surface area contributed by atoms with E-state index in [1.165, 1.54) is 4.88 Å². The minimum atomic E-state index is -0.104. The number of hydrogen-bond donors (Lipinski definition) is 2. The van der Waals surface area contributed by atoms with Gasteiger partial charge in [0, 0.05) is 28.9 Å². The van der Waals surface area contributed by atoms with Crippen molar-refractivity contribution in [2.75, 3.05) is 13.6 Å². The van der Waals surface area contributed by atoms with E-state index in [1.54, 1.807) is 18.4 Å². The molecule has 1 aromatic carbocycles. The molecule has 0 radical (unpaired) electrons. The summed E-state index contributed by atoms with van der Waals surface area (Å²) in [4.78, 5) is 9.99. The Morgan fingerprint density at radius 1 is 1.24 bits per heavy atom. The predicted octanol–water partition coefficient (Wildman–Crippen LogP) is 4.67. The summed E-state index contributed by atoms with van der Waals surface area (Å²) in [5.74, 6) is 0.778. The summed E-state index contributed by atoms with van der Waals surface area (Å²) in [5.41, 5.74) is 2.10. The van der Waals surface area contributed by atoms with E-state index in [-0.39, 0.29) is 29.4 Å². The van der Waals surface area contributed by atoms with Crippen LogP contribution >= 0.6 is 46.9 Å². The van der Waals surface area contributed by atoms with Crippen molar-refractivity contribution < 1.29 is 0 Å². The molecule has 0 fully saturated rings. The maximum atomic E-state index is 6.34. The van der Waals surface area contributed by atoms with Crippen molar-refractivity contribution in [1.82, 2.24) is 15.6 Å². The number of hydrogen-bond acceptors (Lipinski definition) is 3. The van der Waals surface area contributed by atoms with Gasteiger partial charge in [0.1, 0.15) is 0 Å². The Kier molecular flexibility index (Phi) is 8.63. The lowest BCUT2D eigenvalue weighted by molar-refractivity contribution is 0.509. The van der Waals surface area contributed by atoms with E-state index in [0.29, 0.717) is 0 Å². The number of nitrogens with zero attached hydrogens (tertiary/aromatic N) is 2. The zero-order valence-electron chi connectivity index (χ0n) is 15.3. The highest BCUT2D eigenvalue weighted by Crippen LogP contribution is 2.29. The van der Waals surface area contributed by atoms with Crippen molar-refractivity contribution in [3.63, 3.8) is 0 Å². The molecule has 0 saturated carbocycles. The number of nitrogens with one attached hydrogen (secondary N) is 2. The molecule has 1 aromatic heterocycles. The molecule has 0 aliphatic heterocycles. The molecule has 0 unspecified atom stereocenters. The van der Waals surface area contributed by atoms with Gasteiger partial charge in [-0.1, -0.05) is 43.6 Å². The number of aryl methyl sites for hydroxylation is 2. The summed E-state index contributed by atoms with van der Waals surface area (Å²) >= 11 is 8.06. The van der Waals surface area contributed by atoms with Crippen LogP contribution in [0.5, 0.6) is 0 Å². The SMILES string of the molecule is CN=C(NCc1sc(C)nc1C)NCC(C)(C)c1ccccc1Cl.I. The predicted molar refractivity (Wildman–Crippen MR) is 120 cm³/mol. The van der Waals surface area contributed by atoms with E-state index in [1.807, 2.05) is 32.0 Å². The van der Waals surface area contributed by atoms with E-state index >= 15 is 0 Å². The maximum absolute atomic E-state index is 6.34. The molecule has 4 nitrogen and oxygen atoms in total. The monoisotopic (exact) mass is 492 g/mol. The highest BCUT2D eigenvalue weighted by molar-refractivity contribution is 14.0. The summed E-state index contributed by atoms with van der Waals surface area (Å²) in [6, 6.07) is 7.98. The van der Waals surface area contributed by atoms with Gasteiger partial charge in [-0.15, -0.1) is 35.3 Å². The van der Waals surface area contributed by atoms with Crippen LogP contribution in [-0.4, -0.2) is 24.5 Å². The van der Waals surface area contributed by atoms with Crippen LogP contribution in [0.1, 0.15) is 35.0 Å². The number of aromatic nitrogens is 1. The fourth-order valence-electron chi connectivity index (χ4n) is 2.53. The van der Waals surface area contributed by atoms with Crippen LogP contribution in [0.15, 0.2) is 29.3 Å². The Hall–Kier alpha value is -0.860. The Morgan fingerprint density at radius 3 is 2.48 bits per heavy atom. The second-order valence-electron chi connectivity index (χ2n) is 6.38. The average Bonchev–Trinajstić information content (AvgIpc) is 2.85. The number of rotatable bonds is 5. The molecule has 138 valence electrons. The Morgan fingerprint density at radius 2 is 1.92 bits per heavy atom. The highest BCUT2D eigenvalue weighted by Gasteiger charge is 2.23. The van der Waals surface area contributed by atoms with Gasteiger partial charge in [-0.05, 0) is 25.5 Å². The van der Waals surface area contributed by atoms with Crippen LogP contribution in [-0.2, 0) is 12.0 Å². The molecule has 2 N–H and O–H groups in total. The van der Waals surface area contributed by atoms with E-state index in [0.717, 1.165) is 40.3 Å². The summed E-state index contributed by atoms with van der Waals surface area (Å²) in [6.07, 6.45) is 0. The molecular weight excluding hydrogens is 467 g/mol. The molecular formula is C18H26ClIN4S.